The van der Waals surface area contributed by atoms with Gasteiger partial charge in [-0.3, -0.25) is 4.99 Å². The molecule has 0 aliphatic heterocycles. The Balaban J connectivity index is 1.78. The summed E-state index contributed by atoms with van der Waals surface area (Å²) in [7, 11) is -1.53. The lowest BCUT2D eigenvalue weighted by Gasteiger charge is -2.11. The van der Waals surface area contributed by atoms with E-state index in [0.29, 0.717) is 31.5 Å². The third kappa shape index (κ3) is 6.20. The van der Waals surface area contributed by atoms with Crippen LogP contribution in [0.25, 0.3) is 11.5 Å². The predicted octanol–water partition coefficient (Wildman–Crippen LogP) is 0.946. The molecule has 0 atom stereocenters. The summed E-state index contributed by atoms with van der Waals surface area (Å²) in [4.78, 5) is 8.50. The molecule has 1 heterocycles. The van der Waals surface area contributed by atoms with Crippen LogP contribution in [0.2, 0.25) is 0 Å². The van der Waals surface area contributed by atoms with Gasteiger partial charge in [0.1, 0.15) is 6.26 Å². The fourth-order valence-electron chi connectivity index (χ4n) is 1.99. The minimum absolute atomic E-state index is 0.0654. The summed E-state index contributed by atoms with van der Waals surface area (Å²) in [5.74, 6) is 1.19. The first kappa shape index (κ1) is 18.9. The van der Waals surface area contributed by atoms with Gasteiger partial charge in [0.2, 0.25) is 15.9 Å². The van der Waals surface area contributed by atoms with E-state index in [1.165, 1.54) is 0 Å². The van der Waals surface area contributed by atoms with Crippen LogP contribution in [0.15, 0.2) is 46.0 Å². The SMILES string of the molecule is CCS(=O)(=O)NCCNC(=NC)NCc1coc(-c2ccccc2)n1. The van der Waals surface area contributed by atoms with Crippen LogP contribution in [0.4, 0.5) is 0 Å². The van der Waals surface area contributed by atoms with Gasteiger partial charge in [-0.15, -0.1) is 0 Å². The van der Waals surface area contributed by atoms with Crippen molar-refractivity contribution in [3.05, 3.63) is 42.3 Å². The van der Waals surface area contributed by atoms with E-state index in [1.54, 1.807) is 20.2 Å². The molecule has 8 nitrogen and oxygen atoms in total. The highest BCUT2D eigenvalue weighted by atomic mass is 32.2. The summed E-state index contributed by atoms with van der Waals surface area (Å²) in [5.41, 5.74) is 1.66. The first-order chi connectivity index (χ1) is 12.0. The van der Waals surface area contributed by atoms with Crippen molar-refractivity contribution in [1.82, 2.24) is 20.3 Å². The molecule has 2 rings (SSSR count). The largest absolute Gasteiger partial charge is 0.444 e. The van der Waals surface area contributed by atoms with Gasteiger partial charge in [-0.05, 0) is 19.1 Å². The quantitative estimate of drug-likeness (QED) is 0.365. The zero-order valence-electron chi connectivity index (χ0n) is 14.3. The fourth-order valence-corrected chi connectivity index (χ4v) is 2.60. The van der Waals surface area contributed by atoms with Crippen molar-refractivity contribution >= 4 is 16.0 Å². The van der Waals surface area contributed by atoms with E-state index in [9.17, 15) is 8.42 Å². The van der Waals surface area contributed by atoms with Crippen molar-refractivity contribution in [2.24, 2.45) is 4.99 Å². The molecule has 0 spiro atoms. The summed E-state index contributed by atoms with van der Waals surface area (Å²) in [6.07, 6.45) is 1.60. The van der Waals surface area contributed by atoms with E-state index in [-0.39, 0.29) is 5.75 Å². The average molecular weight is 365 g/mol. The Bertz CT molecular complexity index is 787. The molecule has 1 aromatic heterocycles. The molecule has 0 bridgehead atoms. The fraction of sp³-hybridized carbons (Fsp3) is 0.375. The number of sulfonamides is 1. The van der Waals surface area contributed by atoms with Gasteiger partial charge in [-0.2, -0.15) is 0 Å². The third-order valence-electron chi connectivity index (χ3n) is 3.35. The van der Waals surface area contributed by atoms with Gasteiger partial charge >= 0.3 is 0 Å². The molecule has 0 fully saturated rings. The number of hydrogen-bond acceptors (Lipinski definition) is 5. The molecule has 1 aromatic carbocycles. The van der Waals surface area contributed by atoms with Crippen molar-refractivity contribution in [2.75, 3.05) is 25.9 Å². The number of rotatable bonds is 8. The second-order valence-corrected chi connectivity index (χ2v) is 7.26. The number of hydrogen-bond donors (Lipinski definition) is 3. The minimum Gasteiger partial charge on any atom is -0.444 e. The molecule has 0 unspecified atom stereocenters. The van der Waals surface area contributed by atoms with E-state index in [2.05, 4.69) is 25.3 Å². The molecule has 2 aromatic rings. The second-order valence-electron chi connectivity index (χ2n) is 5.16. The van der Waals surface area contributed by atoms with Crippen LogP contribution < -0.4 is 15.4 Å². The maximum absolute atomic E-state index is 11.3. The van der Waals surface area contributed by atoms with Gasteiger partial charge in [-0.1, -0.05) is 18.2 Å². The Hall–Kier alpha value is -2.39. The van der Waals surface area contributed by atoms with Crippen molar-refractivity contribution in [3.63, 3.8) is 0 Å². The highest BCUT2D eigenvalue weighted by Gasteiger charge is 2.08. The monoisotopic (exact) mass is 365 g/mol. The first-order valence-electron chi connectivity index (χ1n) is 7.95. The van der Waals surface area contributed by atoms with Gasteiger partial charge in [0.25, 0.3) is 0 Å². The molecule has 3 N–H and O–H groups in total. The number of nitrogens with zero attached hydrogens (tertiary/aromatic N) is 2. The Kier molecular flexibility index (Phi) is 6.96. The van der Waals surface area contributed by atoms with Crippen LogP contribution in [0.1, 0.15) is 12.6 Å². The second kappa shape index (κ2) is 9.19. The molecular weight excluding hydrogens is 342 g/mol. The van der Waals surface area contributed by atoms with Crippen LogP contribution in [-0.4, -0.2) is 45.3 Å². The first-order valence-corrected chi connectivity index (χ1v) is 9.61. The van der Waals surface area contributed by atoms with Crippen LogP contribution in [0, 0.1) is 0 Å². The summed E-state index contributed by atoms with van der Waals surface area (Å²) >= 11 is 0. The third-order valence-corrected chi connectivity index (χ3v) is 4.76. The molecule has 0 aliphatic rings. The van der Waals surface area contributed by atoms with Gasteiger partial charge in [-0.25, -0.2) is 18.1 Å². The zero-order chi connectivity index (χ0) is 18.1. The number of oxazole rings is 1. The maximum atomic E-state index is 11.3. The lowest BCUT2D eigenvalue weighted by atomic mass is 10.2. The number of nitrogens with one attached hydrogen (secondary N) is 3. The van der Waals surface area contributed by atoms with E-state index in [0.717, 1.165) is 11.3 Å². The maximum Gasteiger partial charge on any atom is 0.226 e. The van der Waals surface area contributed by atoms with Crippen molar-refractivity contribution in [1.29, 1.82) is 0 Å². The Morgan fingerprint density at radius 2 is 1.96 bits per heavy atom. The van der Waals surface area contributed by atoms with Crippen LogP contribution in [0.3, 0.4) is 0 Å². The van der Waals surface area contributed by atoms with Gasteiger partial charge in [0.15, 0.2) is 5.96 Å². The lowest BCUT2D eigenvalue weighted by molar-refractivity contribution is 0.572. The molecule has 0 amide bonds. The molecule has 0 saturated heterocycles. The van der Waals surface area contributed by atoms with Gasteiger partial charge in [0, 0.05) is 25.7 Å². The lowest BCUT2D eigenvalue weighted by Crippen LogP contribution is -2.41. The molecule has 136 valence electrons. The van der Waals surface area contributed by atoms with Crippen LogP contribution >= 0.6 is 0 Å². The highest BCUT2D eigenvalue weighted by molar-refractivity contribution is 7.89. The van der Waals surface area contributed by atoms with Gasteiger partial charge < -0.3 is 15.1 Å². The van der Waals surface area contributed by atoms with E-state index < -0.39 is 10.0 Å². The molecule has 0 radical (unpaired) electrons. The van der Waals surface area contributed by atoms with E-state index in [4.69, 9.17) is 4.42 Å². The topological polar surface area (TPSA) is 109 Å². The van der Waals surface area contributed by atoms with Crippen molar-refractivity contribution in [3.8, 4) is 11.5 Å². The average Bonchev–Trinajstić information content (AvgIpc) is 3.11. The van der Waals surface area contributed by atoms with Crippen LogP contribution in [-0.2, 0) is 16.6 Å². The predicted molar refractivity (Wildman–Crippen MR) is 97.6 cm³/mol. The Labute approximate surface area is 147 Å². The molecule has 9 heteroatoms. The Morgan fingerprint density at radius 3 is 2.64 bits per heavy atom. The number of guanidine groups is 1. The minimum atomic E-state index is -3.18. The van der Waals surface area contributed by atoms with Crippen molar-refractivity contribution in [2.45, 2.75) is 13.5 Å². The summed E-state index contributed by atoms with van der Waals surface area (Å²) in [6.45, 7) is 2.75. The van der Waals surface area contributed by atoms with Crippen LogP contribution in [0.5, 0.6) is 0 Å². The Morgan fingerprint density at radius 1 is 1.20 bits per heavy atom. The summed E-state index contributed by atoms with van der Waals surface area (Å²) in [6, 6.07) is 9.65. The smallest absolute Gasteiger partial charge is 0.226 e. The zero-order valence-corrected chi connectivity index (χ0v) is 15.1. The van der Waals surface area contributed by atoms with E-state index >= 15 is 0 Å². The molecule has 0 aliphatic carbocycles. The molecule has 25 heavy (non-hydrogen) atoms. The van der Waals surface area contributed by atoms with E-state index in [1.807, 2.05) is 30.3 Å². The highest BCUT2D eigenvalue weighted by Crippen LogP contribution is 2.17. The van der Waals surface area contributed by atoms with Gasteiger partial charge in [0.05, 0.1) is 18.0 Å². The molecular formula is C16H23N5O3S. The normalized spacial score (nSPS) is 12.2. The number of aromatic nitrogens is 1. The number of aliphatic imine (C=N–C) groups is 1. The standard InChI is InChI=1S/C16H23N5O3S/c1-3-25(22,23)20-10-9-18-16(17-2)19-11-14-12-24-15(21-14)13-7-5-4-6-8-13/h4-8,12,20H,3,9-11H2,1-2H3,(H2,17,18,19). The van der Waals surface area contributed by atoms with Crippen molar-refractivity contribution < 1.29 is 12.8 Å². The number of benzene rings is 1. The summed E-state index contributed by atoms with van der Waals surface area (Å²) in [5, 5.41) is 6.13. The summed E-state index contributed by atoms with van der Waals surface area (Å²) < 4.78 is 30.6. The molecule has 0 saturated carbocycles.